The predicted octanol–water partition coefficient (Wildman–Crippen LogP) is 2.67. The average Bonchev–Trinajstić information content (AvgIpc) is 2.61. The fraction of sp³-hybridized carbons (Fsp3) is 0.444. The number of ether oxygens (including phenoxy) is 2. The number of nitro benzene ring substituents is 1. The number of carbonyl (C=O) groups excluding carboxylic acids is 2. The minimum Gasteiger partial charge on any atom is -0.500 e. The first kappa shape index (κ1) is 21.0. The summed E-state index contributed by atoms with van der Waals surface area (Å²) in [5.41, 5.74) is 0.110. The lowest BCUT2D eigenvalue weighted by Crippen LogP contribution is -2.46. The molecule has 2 rings (SSSR count). The van der Waals surface area contributed by atoms with Gasteiger partial charge in [0.15, 0.2) is 5.75 Å². The predicted molar refractivity (Wildman–Crippen MR) is 98.9 cm³/mol. The highest BCUT2D eigenvalue weighted by molar-refractivity contribution is 5.95. The van der Waals surface area contributed by atoms with Gasteiger partial charge in [-0.1, -0.05) is 6.92 Å². The zero-order valence-corrected chi connectivity index (χ0v) is 16.1. The highest BCUT2D eigenvalue weighted by Gasteiger charge is 2.35. The highest BCUT2D eigenvalue weighted by Crippen LogP contribution is 2.41. The molecule has 2 amide bonds. The molecule has 28 heavy (non-hydrogen) atoms. The van der Waals surface area contributed by atoms with Gasteiger partial charge in [-0.25, -0.2) is 9.59 Å². The second kappa shape index (κ2) is 8.59. The van der Waals surface area contributed by atoms with Gasteiger partial charge in [0, 0.05) is 11.8 Å². The van der Waals surface area contributed by atoms with Crippen molar-refractivity contribution in [1.29, 1.82) is 0 Å². The van der Waals surface area contributed by atoms with Crippen LogP contribution in [0.25, 0.3) is 0 Å². The molecule has 1 aromatic rings. The van der Waals surface area contributed by atoms with Gasteiger partial charge in [-0.3, -0.25) is 10.1 Å². The largest absolute Gasteiger partial charge is 0.500 e. The summed E-state index contributed by atoms with van der Waals surface area (Å²) in [5, 5.41) is 26.6. The van der Waals surface area contributed by atoms with Crippen LogP contribution in [0.15, 0.2) is 23.4 Å². The van der Waals surface area contributed by atoms with Gasteiger partial charge in [-0.05, 0) is 38.8 Å². The van der Waals surface area contributed by atoms with Crippen molar-refractivity contribution in [2.24, 2.45) is 0 Å². The summed E-state index contributed by atoms with van der Waals surface area (Å²) >= 11 is 0. The maximum Gasteiger partial charge on any atom is 0.338 e. The number of aromatic hydroxyl groups is 1. The number of nitrogens with zero attached hydrogens (tertiary/aromatic N) is 1. The summed E-state index contributed by atoms with van der Waals surface area (Å²) in [7, 11) is 0. The number of hydrogen-bond donors (Lipinski definition) is 3. The van der Waals surface area contributed by atoms with Gasteiger partial charge in [0.2, 0.25) is 5.75 Å². The lowest BCUT2D eigenvalue weighted by atomic mass is 9.93. The number of benzene rings is 1. The van der Waals surface area contributed by atoms with E-state index in [-0.39, 0.29) is 23.5 Å². The van der Waals surface area contributed by atoms with Crippen LogP contribution in [0.4, 0.5) is 10.5 Å². The van der Waals surface area contributed by atoms with Crippen LogP contribution in [0.1, 0.15) is 45.7 Å². The number of nitro groups is 1. The summed E-state index contributed by atoms with van der Waals surface area (Å²) < 4.78 is 10.6. The quantitative estimate of drug-likeness (QED) is 0.367. The van der Waals surface area contributed by atoms with E-state index in [0.29, 0.717) is 12.1 Å². The Kier molecular flexibility index (Phi) is 6.45. The number of esters is 1. The van der Waals surface area contributed by atoms with Crippen LogP contribution in [-0.4, -0.2) is 34.7 Å². The number of phenolic OH excluding ortho intramolecular Hbond substituents is 1. The zero-order chi connectivity index (χ0) is 21.0. The molecule has 0 aromatic heterocycles. The number of carbonyl (C=O) groups is 2. The van der Waals surface area contributed by atoms with Crippen molar-refractivity contribution >= 4 is 17.7 Å². The Hall–Kier alpha value is -3.30. The maximum atomic E-state index is 12.7. The minimum absolute atomic E-state index is 0.117. The number of phenols is 1. The molecule has 10 heteroatoms. The van der Waals surface area contributed by atoms with Crippen molar-refractivity contribution in [3.8, 4) is 11.5 Å². The standard InChI is InChI=1S/C18H23N3O7/c1-5-11-14(17(23)28-9(3)4)15(20-18(24)19-11)10-7-12(21(25)26)16(22)13(8-10)27-6-2/h7-9,15,22H,5-6H2,1-4H3,(H2,19,20,24). The molecule has 1 aliphatic rings. The molecule has 0 spiro atoms. The van der Waals surface area contributed by atoms with Crippen molar-refractivity contribution in [2.45, 2.75) is 46.3 Å². The van der Waals surface area contributed by atoms with Crippen LogP contribution in [0.2, 0.25) is 0 Å². The van der Waals surface area contributed by atoms with Crippen molar-refractivity contribution in [2.75, 3.05) is 6.61 Å². The second-order valence-corrected chi connectivity index (χ2v) is 6.31. The van der Waals surface area contributed by atoms with E-state index >= 15 is 0 Å². The zero-order valence-electron chi connectivity index (χ0n) is 16.1. The SMILES string of the molecule is CCOc1cc(C2NC(=O)NC(CC)=C2C(=O)OC(C)C)cc([N+](=O)[O-])c1O. The van der Waals surface area contributed by atoms with E-state index in [9.17, 15) is 24.8 Å². The van der Waals surface area contributed by atoms with Gasteiger partial charge in [0.05, 0.1) is 29.2 Å². The lowest BCUT2D eigenvalue weighted by molar-refractivity contribution is -0.386. The molecule has 3 N–H and O–H groups in total. The molecule has 1 aromatic carbocycles. The third-order valence-corrected chi connectivity index (χ3v) is 3.98. The smallest absolute Gasteiger partial charge is 0.338 e. The summed E-state index contributed by atoms with van der Waals surface area (Å²) in [6.45, 7) is 6.94. The monoisotopic (exact) mass is 393 g/mol. The van der Waals surface area contributed by atoms with E-state index in [0.717, 1.165) is 6.07 Å². The number of rotatable bonds is 7. The van der Waals surface area contributed by atoms with Crippen LogP contribution >= 0.6 is 0 Å². The molecule has 0 bridgehead atoms. The summed E-state index contributed by atoms with van der Waals surface area (Å²) in [5.74, 6) is -1.39. The third kappa shape index (κ3) is 4.33. The van der Waals surface area contributed by atoms with Gasteiger partial charge < -0.3 is 25.2 Å². The first-order valence-electron chi connectivity index (χ1n) is 8.85. The fourth-order valence-electron chi connectivity index (χ4n) is 2.85. The van der Waals surface area contributed by atoms with Crippen LogP contribution in [0.3, 0.4) is 0 Å². The van der Waals surface area contributed by atoms with E-state index in [1.807, 2.05) is 0 Å². The van der Waals surface area contributed by atoms with Crippen LogP contribution in [0, 0.1) is 10.1 Å². The Balaban J connectivity index is 2.66. The normalized spacial score (nSPS) is 16.5. The summed E-state index contributed by atoms with van der Waals surface area (Å²) in [6, 6.07) is 0.896. The highest BCUT2D eigenvalue weighted by atomic mass is 16.6. The molecule has 1 aliphatic heterocycles. The third-order valence-electron chi connectivity index (χ3n) is 3.98. The Morgan fingerprint density at radius 1 is 1.36 bits per heavy atom. The molecular formula is C18H23N3O7. The van der Waals surface area contributed by atoms with E-state index in [1.54, 1.807) is 27.7 Å². The maximum absolute atomic E-state index is 12.7. The van der Waals surface area contributed by atoms with Crippen LogP contribution in [0.5, 0.6) is 11.5 Å². The molecule has 10 nitrogen and oxygen atoms in total. The molecule has 0 radical (unpaired) electrons. The van der Waals surface area contributed by atoms with Crippen LogP contribution < -0.4 is 15.4 Å². The molecule has 0 saturated carbocycles. The van der Waals surface area contributed by atoms with Crippen molar-refractivity contribution in [3.05, 3.63) is 39.1 Å². The number of hydrogen-bond acceptors (Lipinski definition) is 7. The summed E-state index contributed by atoms with van der Waals surface area (Å²) in [6.07, 6.45) is -0.0604. The Morgan fingerprint density at radius 3 is 2.57 bits per heavy atom. The van der Waals surface area contributed by atoms with E-state index in [4.69, 9.17) is 9.47 Å². The Bertz CT molecular complexity index is 833. The second-order valence-electron chi connectivity index (χ2n) is 6.31. The van der Waals surface area contributed by atoms with E-state index < -0.39 is 40.5 Å². The lowest BCUT2D eigenvalue weighted by Gasteiger charge is -2.29. The topological polar surface area (TPSA) is 140 Å². The van der Waals surface area contributed by atoms with Crippen molar-refractivity contribution in [3.63, 3.8) is 0 Å². The van der Waals surface area contributed by atoms with E-state index in [1.165, 1.54) is 6.07 Å². The summed E-state index contributed by atoms with van der Waals surface area (Å²) in [4.78, 5) is 35.3. The Labute approximate surface area is 161 Å². The molecule has 0 saturated heterocycles. The average molecular weight is 393 g/mol. The van der Waals surface area contributed by atoms with Crippen LogP contribution in [-0.2, 0) is 9.53 Å². The Morgan fingerprint density at radius 2 is 2.04 bits per heavy atom. The molecule has 152 valence electrons. The van der Waals surface area contributed by atoms with Crippen molar-refractivity contribution < 1.29 is 29.1 Å². The molecular weight excluding hydrogens is 370 g/mol. The van der Waals surface area contributed by atoms with Gasteiger partial charge in [0.25, 0.3) is 0 Å². The van der Waals surface area contributed by atoms with Crippen molar-refractivity contribution in [1.82, 2.24) is 10.6 Å². The number of amides is 2. The minimum atomic E-state index is -1.01. The first-order valence-corrected chi connectivity index (χ1v) is 8.85. The van der Waals surface area contributed by atoms with Gasteiger partial charge in [0.1, 0.15) is 0 Å². The van der Waals surface area contributed by atoms with Gasteiger partial charge >= 0.3 is 17.7 Å². The van der Waals surface area contributed by atoms with Gasteiger partial charge in [-0.2, -0.15) is 0 Å². The molecule has 0 aliphatic carbocycles. The number of nitrogens with one attached hydrogen (secondary N) is 2. The first-order chi connectivity index (χ1) is 13.2. The molecule has 1 unspecified atom stereocenters. The fourth-order valence-corrected chi connectivity index (χ4v) is 2.85. The molecule has 1 atom stereocenters. The molecule has 1 heterocycles. The van der Waals surface area contributed by atoms with E-state index in [2.05, 4.69) is 10.6 Å². The number of urea groups is 1. The molecule has 0 fully saturated rings. The number of allylic oxidation sites excluding steroid dienone is 1. The van der Waals surface area contributed by atoms with Gasteiger partial charge in [-0.15, -0.1) is 0 Å².